The molecule has 0 aliphatic heterocycles. The van der Waals surface area contributed by atoms with Gasteiger partial charge in [0, 0.05) is 0 Å². The van der Waals surface area contributed by atoms with Crippen molar-refractivity contribution in [1.82, 2.24) is 0 Å². The van der Waals surface area contributed by atoms with Crippen LogP contribution in [0.3, 0.4) is 0 Å². The third-order valence-corrected chi connectivity index (χ3v) is 2.45. The van der Waals surface area contributed by atoms with Gasteiger partial charge in [-0.25, -0.2) is 0 Å². The molecule has 1 N–H and O–H groups in total. The fourth-order valence-electron chi connectivity index (χ4n) is 1.06. The molecule has 0 spiro atoms. The Balaban J connectivity index is 3.58. The minimum Gasteiger partial charge on any atom is -0.390 e. The van der Waals surface area contributed by atoms with Gasteiger partial charge >= 0.3 is 0 Å². The van der Waals surface area contributed by atoms with E-state index in [-0.39, 0.29) is 0 Å². The third kappa shape index (κ3) is 5.36. The number of hydrogen-bond donors (Lipinski definition) is 1. The van der Waals surface area contributed by atoms with Crippen LogP contribution < -0.4 is 0 Å². The Bertz CT molecular complexity index is 142. The van der Waals surface area contributed by atoms with E-state index in [4.69, 9.17) is 0 Å². The summed E-state index contributed by atoms with van der Waals surface area (Å²) in [6.07, 6.45) is 3.30. The highest BCUT2D eigenvalue weighted by atomic mass is 16.3. The van der Waals surface area contributed by atoms with E-state index in [1.165, 1.54) is 5.57 Å². The second-order valence-electron chi connectivity index (χ2n) is 4.40. The molecule has 0 aliphatic rings. The normalized spacial score (nSPS) is 14.4. The lowest BCUT2D eigenvalue weighted by Gasteiger charge is -2.25. The van der Waals surface area contributed by atoms with Crippen LogP contribution in [0.25, 0.3) is 0 Å². The van der Waals surface area contributed by atoms with E-state index < -0.39 is 5.60 Å². The molecule has 1 heteroatoms. The van der Waals surface area contributed by atoms with Gasteiger partial charge in [0.25, 0.3) is 0 Å². The maximum absolute atomic E-state index is 9.63. The van der Waals surface area contributed by atoms with Gasteiger partial charge in [0.15, 0.2) is 0 Å². The number of hydrogen-bond acceptors (Lipinski definition) is 1. The average molecular weight is 170 g/mol. The Labute approximate surface area is 76.5 Å². The Morgan fingerprint density at radius 1 is 1.50 bits per heavy atom. The van der Waals surface area contributed by atoms with E-state index >= 15 is 0 Å². The average Bonchev–Trinajstić information content (AvgIpc) is 1.84. The highest BCUT2D eigenvalue weighted by molar-refractivity contribution is 4.87. The molecular formula is C11H22O. The summed E-state index contributed by atoms with van der Waals surface area (Å²) in [5.74, 6) is 0.372. The van der Waals surface area contributed by atoms with Gasteiger partial charge in [-0.15, -0.1) is 6.58 Å². The second kappa shape index (κ2) is 4.66. The van der Waals surface area contributed by atoms with Gasteiger partial charge in [0.2, 0.25) is 0 Å². The molecule has 1 atom stereocenters. The second-order valence-corrected chi connectivity index (χ2v) is 4.40. The van der Waals surface area contributed by atoms with Crippen LogP contribution in [0.1, 0.15) is 47.0 Å². The van der Waals surface area contributed by atoms with Crippen LogP contribution in [0, 0.1) is 5.92 Å². The van der Waals surface area contributed by atoms with E-state index in [0.717, 1.165) is 19.3 Å². The zero-order valence-corrected chi connectivity index (χ0v) is 8.85. The molecule has 0 saturated carbocycles. The molecule has 0 aromatic carbocycles. The number of rotatable bonds is 5. The van der Waals surface area contributed by atoms with Crippen LogP contribution in [-0.2, 0) is 0 Å². The molecular weight excluding hydrogens is 148 g/mol. The molecule has 0 saturated heterocycles. The summed E-state index contributed by atoms with van der Waals surface area (Å²) in [5.41, 5.74) is 0.702. The molecule has 0 aromatic rings. The first kappa shape index (κ1) is 11.7. The molecule has 12 heavy (non-hydrogen) atoms. The van der Waals surface area contributed by atoms with Crippen molar-refractivity contribution in [1.29, 1.82) is 0 Å². The lowest BCUT2D eigenvalue weighted by atomic mass is 9.88. The van der Waals surface area contributed by atoms with Gasteiger partial charge in [-0.1, -0.05) is 12.5 Å². The van der Waals surface area contributed by atoms with Crippen LogP contribution >= 0.6 is 0 Å². The molecule has 1 nitrogen and oxygen atoms in total. The first-order valence-electron chi connectivity index (χ1n) is 4.70. The number of aliphatic hydroxyl groups is 1. The molecule has 0 heterocycles. The molecule has 0 rings (SSSR count). The lowest BCUT2D eigenvalue weighted by molar-refractivity contribution is 0.0206. The van der Waals surface area contributed by atoms with E-state index in [2.05, 4.69) is 20.4 Å². The molecule has 72 valence electrons. The topological polar surface area (TPSA) is 20.2 Å². The lowest BCUT2D eigenvalue weighted by Crippen LogP contribution is -2.28. The van der Waals surface area contributed by atoms with E-state index in [0.29, 0.717) is 5.92 Å². The van der Waals surface area contributed by atoms with Gasteiger partial charge in [0.1, 0.15) is 0 Å². The SMILES string of the molecule is C=C(C)CCCC(C)C(C)(C)O. The summed E-state index contributed by atoms with van der Waals surface area (Å²) in [4.78, 5) is 0. The van der Waals surface area contributed by atoms with Crippen LogP contribution in [0.15, 0.2) is 12.2 Å². The van der Waals surface area contributed by atoms with E-state index in [1.54, 1.807) is 0 Å². The summed E-state index contributed by atoms with van der Waals surface area (Å²) in [6, 6.07) is 0. The fourth-order valence-corrected chi connectivity index (χ4v) is 1.06. The van der Waals surface area contributed by atoms with Crippen molar-refractivity contribution >= 4 is 0 Å². The van der Waals surface area contributed by atoms with Crippen molar-refractivity contribution in [2.24, 2.45) is 5.92 Å². The minimum absolute atomic E-state index is 0.372. The Morgan fingerprint density at radius 2 is 2.00 bits per heavy atom. The van der Waals surface area contributed by atoms with Crippen molar-refractivity contribution in [2.45, 2.75) is 52.6 Å². The predicted molar refractivity (Wildman–Crippen MR) is 54.1 cm³/mol. The van der Waals surface area contributed by atoms with Gasteiger partial charge < -0.3 is 5.11 Å². The van der Waals surface area contributed by atoms with Crippen LogP contribution in [0.2, 0.25) is 0 Å². The van der Waals surface area contributed by atoms with Gasteiger partial charge in [-0.05, 0) is 46.0 Å². The van der Waals surface area contributed by atoms with Gasteiger partial charge in [-0.3, -0.25) is 0 Å². The zero-order chi connectivity index (χ0) is 9.78. The van der Waals surface area contributed by atoms with Crippen LogP contribution in [-0.4, -0.2) is 10.7 Å². The Hall–Kier alpha value is -0.300. The highest BCUT2D eigenvalue weighted by Crippen LogP contribution is 2.22. The third-order valence-electron chi connectivity index (χ3n) is 2.45. The van der Waals surface area contributed by atoms with Crippen LogP contribution in [0.5, 0.6) is 0 Å². The molecule has 0 aliphatic carbocycles. The van der Waals surface area contributed by atoms with Crippen molar-refractivity contribution in [3.05, 3.63) is 12.2 Å². The molecule has 1 unspecified atom stereocenters. The van der Waals surface area contributed by atoms with Gasteiger partial charge in [0.05, 0.1) is 5.60 Å². The summed E-state index contributed by atoms with van der Waals surface area (Å²) < 4.78 is 0. The first-order chi connectivity index (χ1) is 5.34. The largest absolute Gasteiger partial charge is 0.390 e. The van der Waals surface area contributed by atoms with E-state index in [1.807, 2.05) is 13.8 Å². The highest BCUT2D eigenvalue weighted by Gasteiger charge is 2.21. The fraction of sp³-hybridized carbons (Fsp3) is 0.818. The first-order valence-corrected chi connectivity index (χ1v) is 4.70. The summed E-state index contributed by atoms with van der Waals surface area (Å²) in [6.45, 7) is 11.7. The summed E-state index contributed by atoms with van der Waals surface area (Å²) in [5, 5.41) is 9.63. The van der Waals surface area contributed by atoms with Crippen LogP contribution in [0.4, 0.5) is 0 Å². The monoisotopic (exact) mass is 170 g/mol. The maximum Gasteiger partial charge on any atom is 0.0617 e. The minimum atomic E-state index is -0.533. The Kier molecular flexibility index (Phi) is 4.54. The molecule has 0 radical (unpaired) electrons. The summed E-state index contributed by atoms with van der Waals surface area (Å²) >= 11 is 0. The quantitative estimate of drug-likeness (QED) is 0.628. The van der Waals surface area contributed by atoms with Crippen molar-refractivity contribution in [3.8, 4) is 0 Å². The number of allylic oxidation sites excluding steroid dienone is 1. The predicted octanol–water partition coefficient (Wildman–Crippen LogP) is 3.14. The van der Waals surface area contributed by atoms with Crippen molar-refractivity contribution in [2.75, 3.05) is 0 Å². The summed E-state index contributed by atoms with van der Waals surface area (Å²) in [7, 11) is 0. The van der Waals surface area contributed by atoms with Gasteiger partial charge in [-0.2, -0.15) is 0 Å². The Morgan fingerprint density at radius 3 is 2.33 bits per heavy atom. The zero-order valence-electron chi connectivity index (χ0n) is 8.85. The van der Waals surface area contributed by atoms with Crippen molar-refractivity contribution in [3.63, 3.8) is 0 Å². The molecule has 0 amide bonds. The molecule has 0 fully saturated rings. The van der Waals surface area contributed by atoms with E-state index in [9.17, 15) is 5.11 Å². The molecule has 0 bridgehead atoms. The molecule has 0 aromatic heterocycles. The maximum atomic E-state index is 9.63. The smallest absolute Gasteiger partial charge is 0.0617 e. The standard InChI is InChI=1S/C11H22O/c1-9(2)7-6-8-10(3)11(4,5)12/h10,12H,1,6-8H2,2-5H3. The van der Waals surface area contributed by atoms with Crippen molar-refractivity contribution < 1.29 is 5.11 Å².